The smallest absolute Gasteiger partial charge is 0.472 e. The van der Waals surface area contributed by atoms with Gasteiger partial charge in [-0.25, -0.2) is 9.13 Å². The summed E-state index contributed by atoms with van der Waals surface area (Å²) in [6.45, 7) is -1.52. The van der Waals surface area contributed by atoms with E-state index in [1.54, 1.807) is 5.09 Å². The number of guanidine groups is 1. The van der Waals surface area contributed by atoms with E-state index < -0.39 is 46.8 Å². The first-order valence-corrected chi connectivity index (χ1v) is 8.28. The van der Waals surface area contributed by atoms with Crippen LogP contribution < -0.4 is 16.6 Å². The van der Waals surface area contributed by atoms with Crippen LogP contribution in [0.3, 0.4) is 0 Å². The summed E-state index contributed by atoms with van der Waals surface area (Å²) >= 11 is 0. The lowest BCUT2D eigenvalue weighted by atomic mass is 10.3. The van der Waals surface area contributed by atoms with Crippen LogP contribution in [0, 0.1) is 0 Å². The monoisotopic (exact) mass is 350 g/mol. The number of nitrogens with zero attached hydrogens (tertiary/aromatic N) is 1. The zero-order valence-electron chi connectivity index (χ0n) is 10.5. The van der Waals surface area contributed by atoms with Crippen molar-refractivity contribution < 1.29 is 42.8 Å². The molecule has 0 aliphatic carbocycles. The normalized spacial score (nSPS) is 17.0. The van der Waals surface area contributed by atoms with Crippen molar-refractivity contribution in [3.8, 4) is 0 Å². The number of carbonyl (C=O) groups is 1. The van der Waals surface area contributed by atoms with Crippen LogP contribution in [0.5, 0.6) is 0 Å². The summed E-state index contributed by atoms with van der Waals surface area (Å²) in [5, 5.41) is 9.99. The van der Waals surface area contributed by atoms with E-state index in [1.807, 2.05) is 0 Å². The molecule has 2 atom stereocenters. The summed E-state index contributed by atoms with van der Waals surface area (Å²) in [5.74, 6) is -2.01. The Kier molecular flexibility index (Phi) is 8.00. The summed E-state index contributed by atoms with van der Waals surface area (Å²) in [6.07, 6.45) is 0. The topological polar surface area (TPSA) is 227 Å². The molecule has 15 heteroatoms. The quantitative estimate of drug-likeness (QED) is 0.0993. The molecule has 0 heterocycles. The van der Waals surface area contributed by atoms with Gasteiger partial charge in [-0.05, 0) is 0 Å². The van der Waals surface area contributed by atoms with E-state index in [2.05, 4.69) is 14.0 Å². The fourth-order valence-electron chi connectivity index (χ4n) is 0.790. The Morgan fingerprint density at radius 2 is 1.86 bits per heavy atom. The Balaban J connectivity index is 4.10. The molecule has 0 aromatic heterocycles. The maximum atomic E-state index is 11.3. The zero-order valence-corrected chi connectivity index (χ0v) is 12.3. The maximum absolute atomic E-state index is 11.3. The average molecular weight is 350 g/mol. The molecule has 0 aromatic carbocycles. The molecule has 124 valence electrons. The molecule has 1 unspecified atom stereocenters. The van der Waals surface area contributed by atoms with Crippen molar-refractivity contribution in [2.45, 2.75) is 6.04 Å². The van der Waals surface area contributed by atoms with Gasteiger partial charge >= 0.3 is 21.5 Å². The molecule has 0 aliphatic rings. The molecule has 0 spiro atoms. The van der Waals surface area contributed by atoms with Crippen molar-refractivity contribution in [3.63, 3.8) is 0 Å². The van der Waals surface area contributed by atoms with Crippen molar-refractivity contribution in [1.82, 2.24) is 5.09 Å². The second-order valence-corrected chi connectivity index (χ2v) is 6.23. The summed E-state index contributed by atoms with van der Waals surface area (Å²) < 4.78 is 30.4. The number of aliphatic carboxylic acids is 1. The number of hydrogen-bond donors (Lipinski definition) is 7. The van der Waals surface area contributed by atoms with E-state index in [4.69, 9.17) is 31.3 Å². The number of carboxylic acid groups (broad SMARTS) is 1. The number of rotatable bonds is 9. The predicted molar refractivity (Wildman–Crippen MR) is 69.0 cm³/mol. The molecule has 9 N–H and O–H groups in total. The van der Waals surface area contributed by atoms with E-state index in [1.165, 1.54) is 0 Å². The van der Waals surface area contributed by atoms with Gasteiger partial charge in [0.2, 0.25) is 0 Å². The molecule has 13 nitrogen and oxygen atoms in total. The lowest BCUT2D eigenvalue weighted by molar-refractivity contribution is -0.139. The largest absolute Gasteiger partial charge is 0.480 e. The number of carboxylic acids is 1. The van der Waals surface area contributed by atoms with Crippen molar-refractivity contribution in [2.75, 3.05) is 19.8 Å². The maximum Gasteiger partial charge on any atom is 0.472 e. The predicted octanol–water partition coefficient (Wildman–Crippen LogP) is -2.47. The highest BCUT2D eigenvalue weighted by atomic mass is 31.2. The lowest BCUT2D eigenvalue weighted by Crippen LogP contribution is -2.34. The molecule has 0 fully saturated rings. The van der Waals surface area contributed by atoms with Gasteiger partial charge in [0.15, 0.2) is 5.96 Å². The lowest BCUT2D eigenvalue weighted by Gasteiger charge is -2.13. The van der Waals surface area contributed by atoms with Gasteiger partial charge in [-0.2, -0.15) is 0 Å². The number of hydrogen-bond acceptors (Lipinski definition) is 7. The Labute approximate surface area is 118 Å². The number of nitrogens with two attached hydrogens (primary N) is 2. The molecule has 0 rings (SSSR count). The summed E-state index contributed by atoms with van der Waals surface area (Å²) in [6, 6.07) is -1.49. The SMILES string of the molecule is NC(=NCCOP(=O)(O)OC[C@@H](N)C(=O)O)NP(=O)(O)O. The minimum atomic E-state index is -4.58. The van der Waals surface area contributed by atoms with Crippen LogP contribution in [-0.2, 0) is 23.0 Å². The third-order valence-corrected chi connectivity index (χ3v) is 3.13. The van der Waals surface area contributed by atoms with Crippen LogP contribution in [0.2, 0.25) is 0 Å². The second kappa shape index (κ2) is 8.41. The fraction of sp³-hybridized carbons (Fsp3) is 0.667. The summed E-state index contributed by atoms with van der Waals surface area (Å²) in [5.41, 5.74) is 10.1. The summed E-state index contributed by atoms with van der Waals surface area (Å²) in [7, 11) is -9.09. The number of aliphatic imine (C=N–C) groups is 1. The van der Waals surface area contributed by atoms with E-state index in [9.17, 15) is 13.9 Å². The first-order valence-electron chi connectivity index (χ1n) is 5.17. The molecule has 0 bridgehead atoms. The molecule has 21 heavy (non-hydrogen) atoms. The number of phosphoric acid groups is 1. The van der Waals surface area contributed by atoms with Crippen molar-refractivity contribution in [1.29, 1.82) is 0 Å². The van der Waals surface area contributed by atoms with Crippen LogP contribution >= 0.6 is 15.6 Å². The third kappa shape index (κ3) is 11.3. The van der Waals surface area contributed by atoms with Gasteiger partial charge in [-0.15, -0.1) is 0 Å². The molecular formula is C6H16N4O9P2. The van der Waals surface area contributed by atoms with Gasteiger partial charge in [0.25, 0.3) is 0 Å². The molecule has 0 aliphatic heterocycles. The van der Waals surface area contributed by atoms with Crippen LogP contribution in [0.15, 0.2) is 4.99 Å². The Bertz CT molecular complexity index is 477. The first kappa shape index (κ1) is 20.0. The highest BCUT2D eigenvalue weighted by Crippen LogP contribution is 2.42. The van der Waals surface area contributed by atoms with Gasteiger partial charge in [0.05, 0.1) is 19.8 Å². The van der Waals surface area contributed by atoms with Gasteiger partial charge in [0.1, 0.15) is 6.04 Å². The first-order chi connectivity index (χ1) is 9.43. The molecule has 0 saturated heterocycles. The van der Waals surface area contributed by atoms with Gasteiger partial charge < -0.3 is 31.3 Å². The van der Waals surface area contributed by atoms with E-state index in [0.717, 1.165) is 0 Å². The van der Waals surface area contributed by atoms with Crippen LogP contribution in [-0.4, -0.2) is 57.5 Å². The third-order valence-electron chi connectivity index (χ3n) is 1.62. The Hall–Kier alpha value is -1.04. The van der Waals surface area contributed by atoms with Crippen LogP contribution in [0.4, 0.5) is 0 Å². The highest BCUT2D eigenvalue weighted by molar-refractivity contribution is 7.50. The van der Waals surface area contributed by atoms with Crippen LogP contribution in [0.1, 0.15) is 0 Å². The molecule has 0 radical (unpaired) electrons. The van der Waals surface area contributed by atoms with Crippen molar-refractivity contribution in [3.05, 3.63) is 0 Å². The summed E-state index contributed by atoms with van der Waals surface area (Å²) in [4.78, 5) is 39.8. The zero-order chi connectivity index (χ0) is 16.7. The van der Waals surface area contributed by atoms with E-state index >= 15 is 0 Å². The van der Waals surface area contributed by atoms with Gasteiger partial charge in [0, 0.05) is 0 Å². The number of phosphoric ester groups is 1. The fourth-order valence-corrected chi connectivity index (χ4v) is 1.89. The second-order valence-electron chi connectivity index (χ2n) is 3.47. The highest BCUT2D eigenvalue weighted by Gasteiger charge is 2.24. The molecule has 0 saturated carbocycles. The van der Waals surface area contributed by atoms with E-state index in [0.29, 0.717) is 0 Å². The minimum Gasteiger partial charge on any atom is -0.480 e. The Morgan fingerprint density at radius 1 is 1.29 bits per heavy atom. The molecular weight excluding hydrogens is 334 g/mol. The molecule has 0 aromatic rings. The van der Waals surface area contributed by atoms with Gasteiger partial charge in [-0.1, -0.05) is 0 Å². The molecule has 0 amide bonds. The van der Waals surface area contributed by atoms with Crippen molar-refractivity contribution >= 4 is 27.5 Å². The average Bonchev–Trinajstić information content (AvgIpc) is 2.29. The van der Waals surface area contributed by atoms with E-state index in [-0.39, 0.29) is 6.54 Å². The van der Waals surface area contributed by atoms with Crippen LogP contribution in [0.25, 0.3) is 0 Å². The van der Waals surface area contributed by atoms with Gasteiger partial charge in [-0.3, -0.25) is 23.9 Å². The number of nitrogens with one attached hydrogen (secondary N) is 1. The Morgan fingerprint density at radius 3 is 2.33 bits per heavy atom. The standard InChI is InChI=1S/C6H16N4O9P2/c7-4(5(11)12)3-19-21(16,17)18-2-1-9-6(8)10-20(13,14)15/h4H,1-3,7H2,(H,11,12)(H,16,17)(H5,8,9,10,13,14,15)/t4-/m1/s1. The minimum absolute atomic E-state index is 0.308. The van der Waals surface area contributed by atoms with Crippen molar-refractivity contribution in [2.24, 2.45) is 16.5 Å².